The van der Waals surface area contributed by atoms with Crippen LogP contribution in [0, 0.1) is 0 Å². The lowest BCUT2D eigenvalue weighted by Crippen LogP contribution is -2.32. The average Bonchev–Trinajstić information content (AvgIpc) is 3.38. The maximum Gasteiger partial charge on any atom is 0.490 e. The minimum absolute atomic E-state index is 0.106. The van der Waals surface area contributed by atoms with Crippen molar-refractivity contribution >= 4 is 34.2 Å². The topological polar surface area (TPSA) is 113 Å². The third-order valence-electron chi connectivity index (χ3n) is 5.79. The normalized spacial score (nSPS) is 14.1. The molecule has 0 radical (unpaired) electrons. The molecule has 1 atom stereocenters. The van der Waals surface area contributed by atoms with Crippen molar-refractivity contribution in [3.63, 3.8) is 0 Å². The number of nitrogens with zero attached hydrogens (tertiary/aromatic N) is 1. The summed E-state index contributed by atoms with van der Waals surface area (Å²) in [5, 5.41) is 12.4. The van der Waals surface area contributed by atoms with Crippen LogP contribution in [0.3, 0.4) is 0 Å². The van der Waals surface area contributed by atoms with E-state index in [-0.39, 0.29) is 17.9 Å². The Balaban J connectivity index is 0.000000454. The van der Waals surface area contributed by atoms with Gasteiger partial charge in [-0.05, 0) is 54.3 Å². The number of carbonyl (C=O) groups is 3. The lowest BCUT2D eigenvalue weighted by molar-refractivity contribution is -0.192. The summed E-state index contributed by atoms with van der Waals surface area (Å²) in [6.45, 7) is 3.42. The fraction of sp³-hybridized carbons (Fsp3) is 0.269. The maximum atomic E-state index is 13.1. The summed E-state index contributed by atoms with van der Waals surface area (Å²) < 4.78 is 31.7. The van der Waals surface area contributed by atoms with E-state index in [9.17, 15) is 22.8 Å². The average molecular weight is 502 g/mol. The van der Waals surface area contributed by atoms with Crippen LogP contribution in [0.15, 0.2) is 60.7 Å². The number of fused-ring (bicyclic) bond motifs is 1. The zero-order chi connectivity index (χ0) is 26.5. The smallest absolute Gasteiger partial charge is 0.475 e. The van der Waals surface area contributed by atoms with E-state index in [1.165, 1.54) is 0 Å². The number of hydrogen-bond acceptors (Lipinski definition) is 4. The molecule has 190 valence electrons. The number of alkyl halides is 3. The summed E-state index contributed by atoms with van der Waals surface area (Å²) in [4.78, 5) is 36.7. The molecule has 2 amide bonds. The molecule has 1 aliphatic heterocycles. The van der Waals surface area contributed by atoms with E-state index in [0.717, 1.165) is 42.3 Å². The Morgan fingerprint density at radius 2 is 1.58 bits per heavy atom. The van der Waals surface area contributed by atoms with Gasteiger partial charge in [0.2, 0.25) is 0 Å². The molecule has 3 aromatic carbocycles. The van der Waals surface area contributed by atoms with Crippen molar-refractivity contribution in [2.75, 3.05) is 18.8 Å². The standard InChI is InChI=1S/C24H25N3O2.C2HF3O2/c1-16(19-10-6-8-17-7-2-3-9-20(17)19)26-23(28)22-15-18(25)11-12-21(22)24(29)27-13-4-5-14-27;3-2(4,5)1(6)7/h2-3,6-12,15-16H,4-5,13-14,25H2,1H3,(H,26,28);(H,6,7)/t16-;/m1./s1. The van der Waals surface area contributed by atoms with Crippen LogP contribution in [0.25, 0.3) is 10.8 Å². The summed E-state index contributed by atoms with van der Waals surface area (Å²) in [7, 11) is 0. The van der Waals surface area contributed by atoms with Gasteiger partial charge in [0, 0.05) is 18.8 Å². The highest BCUT2D eigenvalue weighted by molar-refractivity contribution is 6.08. The number of halogens is 3. The third kappa shape index (κ3) is 6.32. The Morgan fingerprint density at radius 3 is 2.22 bits per heavy atom. The van der Waals surface area contributed by atoms with Crippen LogP contribution in [0.1, 0.15) is 52.1 Å². The monoisotopic (exact) mass is 501 g/mol. The summed E-state index contributed by atoms with van der Waals surface area (Å²) in [5.41, 5.74) is 8.16. The summed E-state index contributed by atoms with van der Waals surface area (Å²) in [6, 6.07) is 18.9. The molecule has 0 aromatic heterocycles. The SMILES string of the molecule is C[C@@H](NC(=O)c1cc(N)ccc1C(=O)N1CCCC1)c1cccc2ccccc12.O=C(O)C(F)(F)F. The predicted octanol–water partition coefficient (Wildman–Crippen LogP) is 4.78. The van der Waals surface area contributed by atoms with Crippen LogP contribution < -0.4 is 11.1 Å². The second kappa shape index (κ2) is 11.1. The molecule has 4 N–H and O–H groups in total. The summed E-state index contributed by atoms with van der Waals surface area (Å²) in [6.07, 6.45) is -3.08. The van der Waals surface area contributed by atoms with Crippen molar-refractivity contribution in [2.24, 2.45) is 0 Å². The molecule has 4 rings (SSSR count). The van der Waals surface area contributed by atoms with Crippen molar-refractivity contribution < 1.29 is 32.7 Å². The van der Waals surface area contributed by atoms with Crippen LogP contribution in [-0.4, -0.2) is 47.1 Å². The molecule has 1 aliphatic rings. The lowest BCUT2D eigenvalue weighted by atomic mass is 9.98. The number of amides is 2. The second-order valence-corrected chi connectivity index (χ2v) is 8.37. The molecule has 0 saturated carbocycles. The molecule has 36 heavy (non-hydrogen) atoms. The maximum absolute atomic E-state index is 13.1. The van der Waals surface area contributed by atoms with Gasteiger partial charge < -0.3 is 21.1 Å². The number of nitrogens with two attached hydrogens (primary N) is 1. The van der Waals surface area contributed by atoms with Crippen LogP contribution in [-0.2, 0) is 4.79 Å². The Kier molecular flexibility index (Phi) is 8.18. The van der Waals surface area contributed by atoms with Gasteiger partial charge in [0.25, 0.3) is 11.8 Å². The first-order valence-electron chi connectivity index (χ1n) is 11.3. The fourth-order valence-electron chi connectivity index (χ4n) is 4.01. The molecule has 10 heteroatoms. The van der Waals surface area contributed by atoms with Crippen LogP contribution in [0.2, 0.25) is 0 Å². The zero-order valence-electron chi connectivity index (χ0n) is 19.5. The highest BCUT2D eigenvalue weighted by Gasteiger charge is 2.38. The summed E-state index contributed by atoms with van der Waals surface area (Å²) in [5.74, 6) is -3.15. The van der Waals surface area contributed by atoms with Crippen molar-refractivity contribution in [2.45, 2.75) is 32.0 Å². The van der Waals surface area contributed by atoms with E-state index >= 15 is 0 Å². The number of nitrogen functional groups attached to an aromatic ring is 1. The van der Waals surface area contributed by atoms with Gasteiger partial charge in [0.1, 0.15) is 0 Å². The zero-order valence-corrected chi connectivity index (χ0v) is 19.5. The van der Waals surface area contributed by atoms with Crippen molar-refractivity contribution in [1.82, 2.24) is 10.2 Å². The number of carbonyl (C=O) groups excluding carboxylic acids is 2. The fourth-order valence-corrected chi connectivity index (χ4v) is 4.01. The number of benzene rings is 3. The van der Waals surface area contributed by atoms with Gasteiger partial charge in [-0.25, -0.2) is 4.79 Å². The van der Waals surface area contributed by atoms with Gasteiger partial charge in [0.15, 0.2) is 0 Å². The number of carboxylic acid groups (broad SMARTS) is 1. The summed E-state index contributed by atoms with van der Waals surface area (Å²) >= 11 is 0. The highest BCUT2D eigenvalue weighted by Crippen LogP contribution is 2.25. The largest absolute Gasteiger partial charge is 0.490 e. The van der Waals surface area contributed by atoms with Crippen molar-refractivity contribution in [1.29, 1.82) is 0 Å². The van der Waals surface area contributed by atoms with Gasteiger partial charge in [-0.2, -0.15) is 13.2 Å². The highest BCUT2D eigenvalue weighted by atomic mass is 19.4. The molecule has 3 aromatic rings. The Labute approximate surface area is 205 Å². The first-order valence-corrected chi connectivity index (χ1v) is 11.3. The molecule has 0 aliphatic carbocycles. The Bertz CT molecular complexity index is 1270. The Morgan fingerprint density at radius 1 is 0.972 bits per heavy atom. The first kappa shape index (κ1) is 26.5. The van der Waals surface area contributed by atoms with E-state index in [1.807, 2.05) is 31.2 Å². The molecule has 0 bridgehead atoms. The van der Waals surface area contributed by atoms with E-state index in [4.69, 9.17) is 15.6 Å². The van der Waals surface area contributed by atoms with E-state index in [2.05, 4.69) is 23.5 Å². The molecule has 1 saturated heterocycles. The van der Waals surface area contributed by atoms with Gasteiger partial charge in [-0.3, -0.25) is 9.59 Å². The predicted molar refractivity (Wildman–Crippen MR) is 130 cm³/mol. The van der Waals surface area contributed by atoms with Gasteiger partial charge >= 0.3 is 12.1 Å². The number of likely N-dealkylation sites (tertiary alicyclic amines) is 1. The molecule has 0 spiro atoms. The minimum Gasteiger partial charge on any atom is -0.475 e. The quantitative estimate of drug-likeness (QED) is 0.446. The first-order chi connectivity index (χ1) is 17.0. The Hall–Kier alpha value is -4.08. The molecule has 7 nitrogen and oxygen atoms in total. The molecule has 0 unspecified atom stereocenters. The van der Waals surface area contributed by atoms with E-state index < -0.39 is 12.1 Å². The van der Waals surface area contributed by atoms with Crippen molar-refractivity contribution in [3.05, 3.63) is 77.4 Å². The molecular formula is C26H26F3N3O4. The number of aliphatic carboxylic acids is 1. The molecule has 1 fully saturated rings. The number of carboxylic acids is 1. The lowest BCUT2D eigenvalue weighted by Gasteiger charge is -2.20. The van der Waals surface area contributed by atoms with Crippen molar-refractivity contribution in [3.8, 4) is 0 Å². The van der Waals surface area contributed by atoms with Gasteiger partial charge in [-0.15, -0.1) is 0 Å². The number of rotatable bonds is 4. The number of anilines is 1. The van der Waals surface area contributed by atoms with Gasteiger partial charge in [0.05, 0.1) is 17.2 Å². The number of nitrogens with one attached hydrogen (secondary N) is 1. The van der Waals surface area contributed by atoms with E-state index in [0.29, 0.717) is 16.8 Å². The van der Waals surface area contributed by atoms with E-state index in [1.54, 1.807) is 23.1 Å². The number of hydrogen-bond donors (Lipinski definition) is 3. The molecule has 1 heterocycles. The second-order valence-electron chi connectivity index (χ2n) is 8.37. The van der Waals surface area contributed by atoms with Gasteiger partial charge in [-0.1, -0.05) is 42.5 Å². The third-order valence-corrected chi connectivity index (χ3v) is 5.79. The minimum atomic E-state index is -5.08. The molecular weight excluding hydrogens is 475 g/mol. The van der Waals surface area contributed by atoms with Crippen LogP contribution >= 0.6 is 0 Å². The van der Waals surface area contributed by atoms with Crippen LogP contribution in [0.5, 0.6) is 0 Å². The van der Waals surface area contributed by atoms with Crippen LogP contribution in [0.4, 0.5) is 18.9 Å².